The Hall–Kier alpha value is -2.70. The third-order valence-electron chi connectivity index (χ3n) is 4.35. The molecule has 29 heavy (non-hydrogen) atoms. The second kappa shape index (κ2) is 9.20. The largest absolute Gasteiger partial charge is 0.462 e. The van der Waals surface area contributed by atoms with E-state index in [1.54, 1.807) is 29.4 Å². The predicted octanol–water partition coefficient (Wildman–Crippen LogP) is 6.22. The maximum atomic E-state index is 11.9. The summed E-state index contributed by atoms with van der Waals surface area (Å²) < 4.78 is 5.17. The van der Waals surface area contributed by atoms with E-state index in [2.05, 4.69) is 28.2 Å². The number of hydrogen-bond donors (Lipinski definition) is 0. The lowest BCUT2D eigenvalue weighted by Gasteiger charge is -2.05. The summed E-state index contributed by atoms with van der Waals surface area (Å²) in [5, 5.41) is 2.06. The second-order valence-corrected chi connectivity index (χ2v) is 8.49. The first-order valence-corrected chi connectivity index (χ1v) is 11.2. The lowest BCUT2D eigenvalue weighted by Crippen LogP contribution is -2.05. The predicted molar refractivity (Wildman–Crippen MR) is 119 cm³/mol. The second-order valence-electron chi connectivity index (χ2n) is 6.50. The fraction of sp³-hybridized carbons (Fsp3) is 0.174. The van der Waals surface area contributed by atoms with E-state index in [1.165, 1.54) is 10.4 Å². The molecular formula is C23H20N2O2S2. The monoisotopic (exact) mass is 420 g/mol. The molecule has 146 valence electrons. The molecule has 6 heteroatoms. The summed E-state index contributed by atoms with van der Waals surface area (Å²) in [5.41, 5.74) is 2.91. The first kappa shape index (κ1) is 19.6. The smallest absolute Gasteiger partial charge is 0.338 e. The molecule has 4 rings (SSSR count). The number of fused-ring (bicyclic) bond motifs is 1. The first-order chi connectivity index (χ1) is 14.2. The number of thiophene rings is 1. The highest BCUT2D eigenvalue weighted by Gasteiger charge is 2.11. The molecule has 2 aromatic carbocycles. The number of hydrogen-bond acceptors (Lipinski definition) is 6. The maximum absolute atomic E-state index is 11.9. The Kier molecular flexibility index (Phi) is 6.22. The van der Waals surface area contributed by atoms with Gasteiger partial charge >= 0.3 is 5.97 Å². The minimum atomic E-state index is -0.268. The molecule has 0 radical (unpaired) electrons. The summed E-state index contributed by atoms with van der Waals surface area (Å²) in [6.45, 7) is 2.43. The average Bonchev–Trinajstić information content (AvgIpc) is 3.22. The molecule has 0 unspecified atom stereocenters. The number of thioether (sulfide) groups is 1. The quantitative estimate of drug-likeness (QED) is 0.202. The standard InChI is InChI=1S/C23H20N2O2S2/c1-2-12-27-23(26)18-10-8-16(9-11-18)14-28-21-19-13-20(17-6-4-3-5-7-17)29-22(19)25-15-24-21/h3-11,13,15H,2,12,14H2,1H3. The lowest BCUT2D eigenvalue weighted by atomic mass is 10.1. The highest BCUT2D eigenvalue weighted by molar-refractivity contribution is 7.98. The van der Waals surface area contributed by atoms with Gasteiger partial charge in [-0.05, 0) is 35.7 Å². The van der Waals surface area contributed by atoms with Crippen molar-refractivity contribution in [3.05, 3.63) is 78.1 Å². The molecule has 0 spiro atoms. The van der Waals surface area contributed by atoms with Gasteiger partial charge in [0.15, 0.2) is 0 Å². The lowest BCUT2D eigenvalue weighted by molar-refractivity contribution is 0.0505. The Morgan fingerprint density at radius 3 is 2.62 bits per heavy atom. The number of esters is 1. The van der Waals surface area contributed by atoms with Crippen molar-refractivity contribution in [3.8, 4) is 10.4 Å². The van der Waals surface area contributed by atoms with Crippen molar-refractivity contribution in [2.45, 2.75) is 24.1 Å². The van der Waals surface area contributed by atoms with Gasteiger partial charge in [0.2, 0.25) is 0 Å². The van der Waals surface area contributed by atoms with Gasteiger partial charge in [-0.1, -0.05) is 49.4 Å². The van der Waals surface area contributed by atoms with Crippen LogP contribution in [0.2, 0.25) is 0 Å². The number of aromatic nitrogens is 2. The minimum Gasteiger partial charge on any atom is -0.462 e. The third-order valence-corrected chi connectivity index (χ3v) is 6.52. The van der Waals surface area contributed by atoms with Gasteiger partial charge in [-0.15, -0.1) is 23.1 Å². The Balaban J connectivity index is 1.48. The molecule has 0 aliphatic heterocycles. The van der Waals surface area contributed by atoms with Gasteiger partial charge in [-0.25, -0.2) is 14.8 Å². The van der Waals surface area contributed by atoms with E-state index < -0.39 is 0 Å². The molecule has 0 amide bonds. The van der Waals surface area contributed by atoms with Gasteiger partial charge in [0.25, 0.3) is 0 Å². The normalized spacial score (nSPS) is 10.9. The van der Waals surface area contributed by atoms with Gasteiger partial charge in [0, 0.05) is 16.0 Å². The SMILES string of the molecule is CCCOC(=O)c1ccc(CSc2ncnc3sc(-c4ccccc4)cc23)cc1. The van der Waals surface area contributed by atoms with Crippen LogP contribution in [0.4, 0.5) is 0 Å². The van der Waals surface area contributed by atoms with Crippen molar-refractivity contribution >= 4 is 39.3 Å². The first-order valence-electron chi connectivity index (χ1n) is 9.43. The van der Waals surface area contributed by atoms with Crippen molar-refractivity contribution in [1.29, 1.82) is 0 Å². The van der Waals surface area contributed by atoms with Crippen LogP contribution in [0.15, 0.2) is 72.0 Å². The van der Waals surface area contributed by atoms with E-state index in [-0.39, 0.29) is 5.97 Å². The summed E-state index contributed by atoms with van der Waals surface area (Å²) in [7, 11) is 0. The zero-order valence-electron chi connectivity index (χ0n) is 16.0. The maximum Gasteiger partial charge on any atom is 0.338 e. The molecule has 0 aliphatic carbocycles. The van der Waals surface area contributed by atoms with Gasteiger partial charge in [0.05, 0.1) is 12.2 Å². The van der Waals surface area contributed by atoms with E-state index in [9.17, 15) is 4.79 Å². The van der Waals surface area contributed by atoms with Crippen LogP contribution in [0.3, 0.4) is 0 Å². The summed E-state index contributed by atoms with van der Waals surface area (Å²) in [6.07, 6.45) is 2.45. The number of nitrogens with zero attached hydrogens (tertiary/aromatic N) is 2. The van der Waals surface area contributed by atoms with Crippen LogP contribution < -0.4 is 0 Å². The Morgan fingerprint density at radius 2 is 1.86 bits per heavy atom. The molecule has 0 N–H and O–H groups in total. The summed E-state index contributed by atoms with van der Waals surface area (Å²) in [4.78, 5) is 23.0. The molecule has 0 saturated heterocycles. The van der Waals surface area contributed by atoms with E-state index in [1.807, 2.05) is 49.4 Å². The van der Waals surface area contributed by atoms with Gasteiger partial charge in [-0.3, -0.25) is 0 Å². The van der Waals surface area contributed by atoms with E-state index in [0.717, 1.165) is 33.0 Å². The van der Waals surface area contributed by atoms with Crippen LogP contribution in [0.5, 0.6) is 0 Å². The molecule has 0 bridgehead atoms. The highest BCUT2D eigenvalue weighted by Crippen LogP contribution is 2.36. The van der Waals surface area contributed by atoms with Gasteiger partial charge in [-0.2, -0.15) is 0 Å². The zero-order chi connectivity index (χ0) is 20.1. The van der Waals surface area contributed by atoms with Crippen molar-refractivity contribution in [3.63, 3.8) is 0 Å². The molecular weight excluding hydrogens is 400 g/mol. The third kappa shape index (κ3) is 4.66. The van der Waals surface area contributed by atoms with Crippen LogP contribution in [-0.2, 0) is 10.5 Å². The number of ether oxygens (including phenoxy) is 1. The van der Waals surface area contributed by atoms with Crippen LogP contribution in [0.25, 0.3) is 20.7 Å². The number of rotatable bonds is 7. The molecule has 4 nitrogen and oxygen atoms in total. The van der Waals surface area contributed by atoms with Gasteiger partial charge < -0.3 is 4.74 Å². The van der Waals surface area contributed by atoms with Crippen LogP contribution >= 0.6 is 23.1 Å². The fourth-order valence-electron chi connectivity index (χ4n) is 2.86. The molecule has 2 aromatic heterocycles. The Bertz CT molecular complexity index is 1110. The number of benzene rings is 2. The summed E-state index contributed by atoms with van der Waals surface area (Å²) in [5.74, 6) is 0.502. The molecule has 2 heterocycles. The minimum absolute atomic E-state index is 0.268. The average molecular weight is 421 g/mol. The van der Waals surface area contributed by atoms with Crippen molar-refractivity contribution in [1.82, 2.24) is 9.97 Å². The fourth-order valence-corrected chi connectivity index (χ4v) is 4.86. The molecule has 0 atom stereocenters. The highest BCUT2D eigenvalue weighted by atomic mass is 32.2. The van der Waals surface area contributed by atoms with Crippen LogP contribution in [0, 0.1) is 0 Å². The summed E-state index contributed by atoms with van der Waals surface area (Å²) in [6, 6.07) is 20.1. The van der Waals surface area contributed by atoms with Crippen LogP contribution in [-0.4, -0.2) is 22.5 Å². The molecule has 4 aromatic rings. The van der Waals surface area contributed by atoms with E-state index >= 15 is 0 Å². The van der Waals surface area contributed by atoms with Crippen molar-refractivity contribution < 1.29 is 9.53 Å². The zero-order valence-corrected chi connectivity index (χ0v) is 17.6. The number of carbonyl (C=O) groups excluding carboxylic acids is 1. The molecule has 0 aliphatic rings. The van der Waals surface area contributed by atoms with Crippen molar-refractivity contribution in [2.75, 3.05) is 6.61 Å². The van der Waals surface area contributed by atoms with Crippen LogP contribution in [0.1, 0.15) is 29.3 Å². The molecule has 0 fully saturated rings. The number of carbonyl (C=O) groups is 1. The van der Waals surface area contributed by atoms with E-state index in [4.69, 9.17) is 4.74 Å². The Morgan fingerprint density at radius 1 is 1.07 bits per heavy atom. The van der Waals surface area contributed by atoms with Crippen molar-refractivity contribution in [2.24, 2.45) is 0 Å². The van der Waals surface area contributed by atoms with Gasteiger partial charge in [0.1, 0.15) is 16.2 Å². The summed E-state index contributed by atoms with van der Waals surface area (Å²) >= 11 is 3.36. The van der Waals surface area contributed by atoms with E-state index in [0.29, 0.717) is 12.2 Å². The Labute approximate surface area is 178 Å². The topological polar surface area (TPSA) is 52.1 Å². The molecule has 0 saturated carbocycles.